The second-order valence-electron chi connectivity index (χ2n) is 6.46. The lowest BCUT2D eigenvalue weighted by Crippen LogP contribution is -2.33. The Morgan fingerprint density at radius 2 is 2.04 bits per heavy atom. The van der Waals surface area contributed by atoms with E-state index in [-0.39, 0.29) is 0 Å². The van der Waals surface area contributed by atoms with E-state index >= 15 is 0 Å². The molecule has 0 bridgehead atoms. The van der Waals surface area contributed by atoms with Gasteiger partial charge in [0.25, 0.3) is 0 Å². The van der Waals surface area contributed by atoms with Gasteiger partial charge in [-0.3, -0.25) is 0 Å². The van der Waals surface area contributed by atoms with Crippen molar-refractivity contribution in [2.75, 3.05) is 20.8 Å². The van der Waals surface area contributed by atoms with E-state index in [9.17, 15) is 0 Å². The zero-order chi connectivity index (χ0) is 18.9. The normalized spacial score (nSPS) is 11.7. The number of rotatable bonds is 9. The lowest BCUT2D eigenvalue weighted by Gasteiger charge is -2.11. The number of hydrogen-bond donors (Lipinski definition) is 2. The van der Waals surface area contributed by atoms with E-state index in [2.05, 4.69) is 33.7 Å². The van der Waals surface area contributed by atoms with Crippen molar-refractivity contribution in [1.29, 1.82) is 0 Å². The van der Waals surface area contributed by atoms with Gasteiger partial charge in [-0.2, -0.15) is 0 Å². The van der Waals surface area contributed by atoms with Crippen LogP contribution < -0.4 is 20.5 Å². The fourth-order valence-corrected chi connectivity index (χ4v) is 2.63. The van der Waals surface area contributed by atoms with Gasteiger partial charge in [0.2, 0.25) is 0 Å². The van der Waals surface area contributed by atoms with Gasteiger partial charge in [-0.05, 0) is 30.0 Å². The van der Waals surface area contributed by atoms with Crippen LogP contribution in [0.2, 0.25) is 0 Å². The molecule has 7 nitrogen and oxygen atoms in total. The molecule has 26 heavy (non-hydrogen) atoms. The molecule has 0 unspecified atom stereocenters. The summed E-state index contributed by atoms with van der Waals surface area (Å²) in [6, 6.07) is 5.88. The summed E-state index contributed by atoms with van der Waals surface area (Å²) < 4.78 is 12.7. The number of imidazole rings is 1. The molecule has 0 aliphatic carbocycles. The van der Waals surface area contributed by atoms with Gasteiger partial charge in [0, 0.05) is 25.5 Å². The number of nitrogens with one attached hydrogen (secondary N) is 1. The number of guanidine groups is 1. The molecule has 0 aliphatic rings. The summed E-state index contributed by atoms with van der Waals surface area (Å²) in [5.41, 5.74) is 7.10. The summed E-state index contributed by atoms with van der Waals surface area (Å²) in [6.45, 7) is 6.44. The van der Waals surface area contributed by atoms with Gasteiger partial charge < -0.3 is 25.1 Å². The van der Waals surface area contributed by atoms with E-state index in [4.69, 9.17) is 15.2 Å². The predicted molar refractivity (Wildman–Crippen MR) is 104 cm³/mol. The van der Waals surface area contributed by atoms with E-state index in [1.165, 1.54) is 0 Å². The third-order valence-corrected chi connectivity index (χ3v) is 3.92. The summed E-state index contributed by atoms with van der Waals surface area (Å²) in [5.74, 6) is 3.35. The Kier molecular flexibility index (Phi) is 7.32. The Labute approximate surface area is 155 Å². The summed E-state index contributed by atoms with van der Waals surface area (Å²) in [5, 5.41) is 3.14. The predicted octanol–water partition coefficient (Wildman–Crippen LogP) is 2.20. The summed E-state index contributed by atoms with van der Waals surface area (Å²) >= 11 is 0. The number of nitrogens with zero attached hydrogens (tertiary/aromatic N) is 3. The topological polar surface area (TPSA) is 86.7 Å². The molecule has 3 N–H and O–H groups in total. The molecule has 0 spiro atoms. The molecule has 0 radical (unpaired) electrons. The highest BCUT2D eigenvalue weighted by Gasteiger charge is 2.06. The molecule has 1 aromatic heterocycles. The Bertz CT molecular complexity index is 724. The zero-order valence-corrected chi connectivity index (χ0v) is 16.0. The average molecular weight is 359 g/mol. The molecule has 1 heterocycles. The molecule has 2 aromatic rings. The Hall–Kier alpha value is -2.70. The van der Waals surface area contributed by atoms with Crippen molar-refractivity contribution in [1.82, 2.24) is 14.9 Å². The SMILES string of the molecule is COc1ccc(CCNC(N)=NCc2nccn2CC(C)C)cc1OC. The number of aromatic nitrogens is 2. The molecule has 0 saturated heterocycles. The van der Waals surface area contributed by atoms with Crippen LogP contribution in [0.1, 0.15) is 25.2 Å². The molecule has 1 aromatic carbocycles. The number of hydrogen-bond acceptors (Lipinski definition) is 4. The number of methoxy groups -OCH3 is 2. The molecule has 0 amide bonds. The molecule has 2 rings (SSSR count). The number of nitrogens with two attached hydrogens (primary N) is 1. The third-order valence-electron chi connectivity index (χ3n) is 3.92. The maximum atomic E-state index is 5.96. The third kappa shape index (κ3) is 5.68. The number of ether oxygens (including phenoxy) is 2. The summed E-state index contributed by atoms with van der Waals surface area (Å²) in [7, 11) is 3.26. The van der Waals surface area contributed by atoms with Crippen molar-refractivity contribution in [3.63, 3.8) is 0 Å². The lowest BCUT2D eigenvalue weighted by molar-refractivity contribution is 0.354. The van der Waals surface area contributed by atoms with Crippen LogP contribution >= 0.6 is 0 Å². The smallest absolute Gasteiger partial charge is 0.189 e. The van der Waals surface area contributed by atoms with Crippen molar-refractivity contribution >= 4 is 5.96 Å². The van der Waals surface area contributed by atoms with Gasteiger partial charge in [-0.15, -0.1) is 0 Å². The van der Waals surface area contributed by atoms with E-state index in [1.54, 1.807) is 20.4 Å². The number of aliphatic imine (C=N–C) groups is 1. The van der Waals surface area contributed by atoms with Crippen LogP contribution in [-0.4, -0.2) is 36.3 Å². The minimum absolute atomic E-state index is 0.421. The van der Waals surface area contributed by atoms with Crippen LogP contribution in [0, 0.1) is 5.92 Å². The standard InChI is InChI=1S/C19H29N5O2/c1-14(2)13-24-10-9-21-18(24)12-23-19(20)22-8-7-15-5-6-16(25-3)17(11-15)26-4/h5-6,9-11,14H,7-8,12-13H2,1-4H3,(H3,20,22,23). The van der Waals surface area contributed by atoms with Crippen LogP contribution in [0.3, 0.4) is 0 Å². The lowest BCUT2D eigenvalue weighted by atomic mass is 10.1. The monoisotopic (exact) mass is 359 g/mol. The second-order valence-corrected chi connectivity index (χ2v) is 6.46. The average Bonchev–Trinajstić information content (AvgIpc) is 3.06. The van der Waals surface area contributed by atoms with E-state index < -0.39 is 0 Å². The van der Waals surface area contributed by atoms with Crippen molar-refractivity contribution in [3.8, 4) is 11.5 Å². The van der Waals surface area contributed by atoms with Crippen LogP contribution in [0.25, 0.3) is 0 Å². The van der Waals surface area contributed by atoms with Gasteiger partial charge in [0.05, 0.1) is 14.2 Å². The van der Waals surface area contributed by atoms with Gasteiger partial charge in [-0.25, -0.2) is 9.98 Å². The quantitative estimate of drug-likeness (QED) is 0.529. The van der Waals surface area contributed by atoms with Gasteiger partial charge in [-0.1, -0.05) is 19.9 Å². The number of benzene rings is 1. The largest absolute Gasteiger partial charge is 0.493 e. The van der Waals surface area contributed by atoms with Gasteiger partial charge >= 0.3 is 0 Å². The summed E-state index contributed by atoms with van der Waals surface area (Å²) in [6.07, 6.45) is 4.58. The molecule has 0 saturated carbocycles. The molecule has 7 heteroatoms. The first-order chi connectivity index (χ1) is 12.5. The van der Waals surface area contributed by atoms with Crippen molar-refractivity contribution in [2.45, 2.75) is 33.4 Å². The molecule has 0 fully saturated rings. The maximum Gasteiger partial charge on any atom is 0.189 e. The van der Waals surface area contributed by atoms with Crippen LogP contribution in [-0.2, 0) is 19.5 Å². The Morgan fingerprint density at radius 3 is 2.73 bits per heavy atom. The van der Waals surface area contributed by atoms with Crippen molar-refractivity contribution in [2.24, 2.45) is 16.6 Å². The van der Waals surface area contributed by atoms with E-state index in [1.807, 2.05) is 24.4 Å². The van der Waals surface area contributed by atoms with Crippen molar-refractivity contribution < 1.29 is 9.47 Å². The highest BCUT2D eigenvalue weighted by Crippen LogP contribution is 2.27. The second kappa shape index (κ2) is 9.70. The molecule has 0 aliphatic heterocycles. The Morgan fingerprint density at radius 1 is 1.27 bits per heavy atom. The van der Waals surface area contributed by atoms with Gasteiger partial charge in [0.15, 0.2) is 17.5 Å². The maximum absolute atomic E-state index is 5.96. The fraction of sp³-hybridized carbons (Fsp3) is 0.474. The van der Waals surface area contributed by atoms with Crippen molar-refractivity contribution in [3.05, 3.63) is 42.0 Å². The molecule has 0 atom stereocenters. The van der Waals surface area contributed by atoms with Crippen LogP contribution in [0.4, 0.5) is 0 Å². The highest BCUT2D eigenvalue weighted by molar-refractivity contribution is 5.77. The minimum Gasteiger partial charge on any atom is -0.493 e. The first-order valence-corrected chi connectivity index (χ1v) is 8.78. The molecule has 142 valence electrons. The summed E-state index contributed by atoms with van der Waals surface area (Å²) in [4.78, 5) is 8.73. The minimum atomic E-state index is 0.421. The van der Waals surface area contributed by atoms with E-state index in [0.717, 1.165) is 35.9 Å². The van der Waals surface area contributed by atoms with Crippen LogP contribution in [0.15, 0.2) is 35.6 Å². The van der Waals surface area contributed by atoms with E-state index in [0.29, 0.717) is 25.0 Å². The highest BCUT2D eigenvalue weighted by atomic mass is 16.5. The first-order valence-electron chi connectivity index (χ1n) is 8.78. The zero-order valence-electron chi connectivity index (χ0n) is 16.0. The Balaban J connectivity index is 1.84. The first kappa shape index (κ1) is 19.6. The molecular weight excluding hydrogens is 330 g/mol. The molecular formula is C19H29N5O2. The van der Waals surface area contributed by atoms with Gasteiger partial charge in [0.1, 0.15) is 12.4 Å². The fourth-order valence-electron chi connectivity index (χ4n) is 2.63. The van der Waals surface area contributed by atoms with Crippen LogP contribution in [0.5, 0.6) is 11.5 Å².